The van der Waals surface area contributed by atoms with Crippen LogP contribution in [0.3, 0.4) is 0 Å². The van der Waals surface area contributed by atoms with Crippen molar-refractivity contribution in [1.29, 1.82) is 0 Å². The van der Waals surface area contributed by atoms with Gasteiger partial charge in [0.15, 0.2) is 0 Å². The second-order valence-corrected chi connectivity index (χ2v) is 4.65. The van der Waals surface area contributed by atoms with Gasteiger partial charge in [0.25, 0.3) is 0 Å². The summed E-state index contributed by atoms with van der Waals surface area (Å²) in [6, 6.07) is 2.15. The van der Waals surface area contributed by atoms with Crippen molar-refractivity contribution < 1.29 is 4.74 Å². The van der Waals surface area contributed by atoms with Gasteiger partial charge in [-0.2, -0.15) is 5.10 Å². The number of ether oxygens (including phenoxy) is 1. The summed E-state index contributed by atoms with van der Waals surface area (Å²) < 4.78 is 7.17. The highest BCUT2D eigenvalue weighted by molar-refractivity contribution is 5.20. The van der Waals surface area contributed by atoms with Crippen LogP contribution in [-0.4, -0.2) is 16.4 Å². The molecule has 3 heteroatoms. The van der Waals surface area contributed by atoms with Crippen molar-refractivity contribution in [3.63, 3.8) is 0 Å². The monoisotopic (exact) mass is 180 g/mol. The van der Waals surface area contributed by atoms with Crippen LogP contribution >= 0.6 is 0 Å². The van der Waals surface area contributed by atoms with Gasteiger partial charge in [-0.3, -0.25) is 4.68 Å². The molecule has 2 rings (SSSR count). The third kappa shape index (κ3) is 1.61. The van der Waals surface area contributed by atoms with Crippen LogP contribution in [0.5, 0.6) is 0 Å². The maximum Gasteiger partial charge on any atom is 0.122 e. The van der Waals surface area contributed by atoms with Crippen LogP contribution in [-0.2, 0) is 17.2 Å². The van der Waals surface area contributed by atoms with E-state index in [1.54, 1.807) is 0 Å². The lowest BCUT2D eigenvalue weighted by atomic mass is 9.92. The summed E-state index contributed by atoms with van der Waals surface area (Å²) in [7, 11) is 1.98. The first-order chi connectivity index (χ1) is 5.98. The number of aryl methyl sites for hydroxylation is 1. The minimum absolute atomic E-state index is 0.130. The van der Waals surface area contributed by atoms with Gasteiger partial charge >= 0.3 is 0 Å². The Hall–Kier alpha value is -0.830. The zero-order valence-electron chi connectivity index (χ0n) is 8.66. The molecular formula is C10H16N2O. The Balaban J connectivity index is 2.34. The third-order valence-corrected chi connectivity index (χ3v) is 2.35. The van der Waals surface area contributed by atoms with Crippen LogP contribution in [0.2, 0.25) is 0 Å². The van der Waals surface area contributed by atoms with E-state index in [1.807, 2.05) is 11.7 Å². The van der Waals surface area contributed by atoms with Crippen molar-refractivity contribution in [1.82, 2.24) is 9.78 Å². The Morgan fingerprint density at radius 1 is 1.54 bits per heavy atom. The number of nitrogens with zero attached hydrogens (tertiary/aromatic N) is 2. The van der Waals surface area contributed by atoms with Gasteiger partial charge in [-0.1, -0.05) is 20.8 Å². The second kappa shape index (κ2) is 2.58. The van der Waals surface area contributed by atoms with Crippen molar-refractivity contribution in [3.05, 3.63) is 17.5 Å². The van der Waals surface area contributed by atoms with Crippen LogP contribution < -0.4 is 0 Å². The largest absolute Gasteiger partial charge is 0.366 e. The first-order valence-corrected chi connectivity index (χ1v) is 4.64. The van der Waals surface area contributed by atoms with Crippen LogP contribution in [0.4, 0.5) is 0 Å². The summed E-state index contributed by atoms with van der Waals surface area (Å²) >= 11 is 0. The topological polar surface area (TPSA) is 30.4 Å². The predicted molar refractivity (Wildman–Crippen MR) is 50.6 cm³/mol. The van der Waals surface area contributed by atoms with Crippen molar-refractivity contribution in [2.75, 3.05) is 6.61 Å². The molecule has 72 valence electrons. The fraction of sp³-hybridized carbons (Fsp3) is 0.700. The summed E-state index contributed by atoms with van der Waals surface area (Å²) in [6.45, 7) is 7.37. The highest BCUT2D eigenvalue weighted by Crippen LogP contribution is 2.32. The molecule has 1 atom stereocenters. The van der Waals surface area contributed by atoms with Crippen LogP contribution in [0.1, 0.15) is 38.3 Å². The van der Waals surface area contributed by atoms with Gasteiger partial charge in [-0.25, -0.2) is 0 Å². The molecule has 2 heterocycles. The summed E-state index contributed by atoms with van der Waals surface area (Å²) in [5, 5.41) is 4.48. The van der Waals surface area contributed by atoms with E-state index < -0.39 is 0 Å². The molecule has 0 radical (unpaired) electrons. The molecule has 13 heavy (non-hydrogen) atoms. The molecule has 1 aliphatic heterocycles. The molecular weight excluding hydrogens is 164 g/mol. The molecule has 1 aromatic heterocycles. The minimum Gasteiger partial charge on any atom is -0.366 e. The van der Waals surface area contributed by atoms with Gasteiger partial charge in [0.2, 0.25) is 0 Å². The smallest absolute Gasteiger partial charge is 0.122 e. The number of hydrogen-bond acceptors (Lipinski definition) is 2. The van der Waals surface area contributed by atoms with E-state index in [-0.39, 0.29) is 5.41 Å². The molecule has 3 nitrogen and oxygen atoms in total. The Morgan fingerprint density at radius 2 is 2.15 bits per heavy atom. The summed E-state index contributed by atoms with van der Waals surface area (Å²) in [6.07, 6.45) is 0.300. The quantitative estimate of drug-likeness (QED) is 0.617. The molecule has 0 N–H and O–H groups in total. The molecule has 0 aliphatic carbocycles. The average molecular weight is 180 g/mol. The van der Waals surface area contributed by atoms with Crippen LogP contribution in [0.15, 0.2) is 6.07 Å². The Kier molecular flexibility index (Phi) is 1.74. The fourth-order valence-electron chi connectivity index (χ4n) is 1.37. The average Bonchev–Trinajstić information content (AvgIpc) is 2.73. The third-order valence-electron chi connectivity index (χ3n) is 2.35. The molecule has 1 saturated heterocycles. The predicted octanol–water partition coefficient (Wildman–Crippen LogP) is 1.79. The standard InChI is InChI=1S/C10H16N2O/c1-10(2,3)9-5-7(8-6-13-8)12(4)11-9/h5,8H,6H2,1-4H3. The maximum absolute atomic E-state index is 5.24. The van der Waals surface area contributed by atoms with Crippen molar-refractivity contribution in [2.24, 2.45) is 7.05 Å². The van der Waals surface area contributed by atoms with Gasteiger partial charge in [0.05, 0.1) is 18.0 Å². The SMILES string of the molecule is Cn1nc(C(C)(C)C)cc1C1CO1. The van der Waals surface area contributed by atoms with Crippen LogP contribution in [0.25, 0.3) is 0 Å². The number of aromatic nitrogens is 2. The number of hydrogen-bond donors (Lipinski definition) is 0. The van der Waals surface area contributed by atoms with Crippen LogP contribution in [0, 0.1) is 0 Å². The van der Waals surface area contributed by atoms with Gasteiger partial charge in [-0.15, -0.1) is 0 Å². The van der Waals surface area contributed by atoms with Crippen molar-refractivity contribution in [3.8, 4) is 0 Å². The summed E-state index contributed by atoms with van der Waals surface area (Å²) in [5.74, 6) is 0. The van der Waals surface area contributed by atoms with Gasteiger partial charge in [-0.05, 0) is 6.07 Å². The van der Waals surface area contributed by atoms with Gasteiger partial charge in [0.1, 0.15) is 6.10 Å². The first-order valence-electron chi connectivity index (χ1n) is 4.64. The lowest BCUT2D eigenvalue weighted by Gasteiger charge is -2.13. The summed E-state index contributed by atoms with van der Waals surface area (Å²) in [4.78, 5) is 0. The highest BCUT2D eigenvalue weighted by atomic mass is 16.6. The van der Waals surface area contributed by atoms with E-state index in [2.05, 4.69) is 31.9 Å². The molecule has 1 unspecified atom stereocenters. The molecule has 0 bridgehead atoms. The zero-order chi connectivity index (χ0) is 9.64. The maximum atomic E-state index is 5.24. The first kappa shape index (κ1) is 8.75. The lowest BCUT2D eigenvalue weighted by molar-refractivity contribution is 0.404. The number of epoxide rings is 1. The Bertz CT molecular complexity index is 318. The Labute approximate surface area is 78.7 Å². The normalized spacial score (nSPS) is 22.0. The molecule has 0 amide bonds. The fourth-order valence-corrected chi connectivity index (χ4v) is 1.37. The van der Waals surface area contributed by atoms with E-state index in [0.29, 0.717) is 6.10 Å². The van der Waals surface area contributed by atoms with Crippen molar-refractivity contribution >= 4 is 0 Å². The van der Waals surface area contributed by atoms with Crippen molar-refractivity contribution in [2.45, 2.75) is 32.3 Å². The van der Waals surface area contributed by atoms with E-state index in [4.69, 9.17) is 4.74 Å². The molecule has 1 fully saturated rings. The molecule has 1 aromatic rings. The van der Waals surface area contributed by atoms with E-state index in [0.717, 1.165) is 12.3 Å². The highest BCUT2D eigenvalue weighted by Gasteiger charge is 2.30. The zero-order valence-corrected chi connectivity index (χ0v) is 8.66. The second-order valence-electron chi connectivity index (χ2n) is 4.65. The minimum atomic E-state index is 0.130. The molecule has 0 spiro atoms. The van der Waals surface area contributed by atoms with Gasteiger partial charge < -0.3 is 4.74 Å². The molecule has 0 saturated carbocycles. The Morgan fingerprint density at radius 3 is 2.54 bits per heavy atom. The molecule has 0 aromatic carbocycles. The van der Waals surface area contributed by atoms with Gasteiger partial charge in [0, 0.05) is 12.5 Å². The number of rotatable bonds is 1. The van der Waals surface area contributed by atoms with E-state index in [1.165, 1.54) is 5.69 Å². The molecule has 1 aliphatic rings. The van der Waals surface area contributed by atoms with E-state index in [9.17, 15) is 0 Å². The summed E-state index contributed by atoms with van der Waals surface area (Å²) in [5.41, 5.74) is 2.47. The lowest BCUT2D eigenvalue weighted by Crippen LogP contribution is -2.12. The van der Waals surface area contributed by atoms with E-state index >= 15 is 0 Å².